The van der Waals surface area contributed by atoms with Gasteiger partial charge in [0.25, 0.3) is 0 Å². The molecule has 6 aromatic heterocycles. The van der Waals surface area contributed by atoms with E-state index in [0.29, 0.717) is 72.1 Å². The van der Waals surface area contributed by atoms with E-state index in [4.69, 9.17) is 49.3 Å². The van der Waals surface area contributed by atoms with Gasteiger partial charge in [-0.25, -0.2) is 34.7 Å². The number of aryl methyl sites for hydroxylation is 3. The van der Waals surface area contributed by atoms with Crippen molar-refractivity contribution >= 4 is 91.6 Å². The minimum absolute atomic E-state index is 0.117. The number of urea groups is 1. The molecule has 2 amide bonds. The number of anilines is 3. The Kier molecular flexibility index (Phi) is 12.9. The number of imidazole rings is 3. The Hall–Kier alpha value is -5.47. The molecule has 9 rings (SSSR count). The summed E-state index contributed by atoms with van der Waals surface area (Å²) in [6.07, 6.45) is 5.10. The number of hydrogen-bond donors (Lipinski definition) is 2. The van der Waals surface area contributed by atoms with E-state index in [2.05, 4.69) is 74.2 Å². The number of benzene rings is 1. The predicted molar refractivity (Wildman–Crippen MR) is 227 cm³/mol. The third-order valence-corrected chi connectivity index (χ3v) is 10.2. The van der Waals surface area contributed by atoms with E-state index in [1.165, 1.54) is 0 Å². The topological polar surface area (TPSA) is 197 Å². The lowest BCUT2D eigenvalue weighted by atomic mass is 10.2. The molecule has 2 saturated heterocycles. The van der Waals surface area contributed by atoms with Crippen molar-refractivity contribution < 1.29 is 14.3 Å². The standard InChI is InChI=1S/C20H25N7O2.C11H14ClN5O.C6H4Cl2N4/c1-4-21-20(28)23-15-7-5-14(6-8-15)17-24-18-16(26(3)12-22-18)19(25-17)27-9-10-29-11-13(27)2;1-7-5-18-4-3-17(7)10-8-9(13-6-16(8)2)14-11(12)15-10;1-12-2-9-5-3(12)4(7)10-6(8)11-5/h5-8,12-13H,4,9-11H2,1-3H3,(H2,21,23,28);6-7H,3-5H2,1-2H3;2H,1H3/t13-;7-;/m00./s1. The van der Waals surface area contributed by atoms with Crippen LogP contribution in [0.3, 0.4) is 0 Å². The van der Waals surface area contributed by atoms with E-state index in [0.717, 1.165) is 41.3 Å². The first-order valence-corrected chi connectivity index (χ1v) is 19.9. The van der Waals surface area contributed by atoms with Gasteiger partial charge >= 0.3 is 6.03 Å². The van der Waals surface area contributed by atoms with Crippen LogP contribution in [0, 0.1) is 0 Å². The van der Waals surface area contributed by atoms with Gasteiger partial charge in [-0.2, -0.15) is 15.0 Å². The van der Waals surface area contributed by atoms with Gasteiger partial charge in [-0.15, -0.1) is 0 Å². The largest absolute Gasteiger partial charge is 0.377 e. The van der Waals surface area contributed by atoms with Crippen LogP contribution in [-0.2, 0) is 30.6 Å². The number of halogens is 3. The molecule has 19 nitrogen and oxygen atoms in total. The molecule has 0 saturated carbocycles. The molecule has 22 heteroatoms. The van der Waals surface area contributed by atoms with Crippen LogP contribution < -0.4 is 20.4 Å². The summed E-state index contributed by atoms with van der Waals surface area (Å²) in [7, 11) is 5.70. The first-order valence-electron chi connectivity index (χ1n) is 18.8. The second-order valence-corrected chi connectivity index (χ2v) is 14.9. The third-order valence-electron chi connectivity index (χ3n) is 9.60. The van der Waals surface area contributed by atoms with Gasteiger partial charge in [0, 0.05) is 52.0 Å². The van der Waals surface area contributed by atoms with Crippen LogP contribution >= 0.6 is 34.8 Å². The highest BCUT2D eigenvalue weighted by Gasteiger charge is 2.26. The lowest BCUT2D eigenvalue weighted by molar-refractivity contribution is 0.0986. The van der Waals surface area contributed by atoms with Crippen molar-refractivity contribution in [1.29, 1.82) is 0 Å². The van der Waals surface area contributed by atoms with Crippen molar-refractivity contribution in [3.63, 3.8) is 0 Å². The molecule has 310 valence electrons. The van der Waals surface area contributed by atoms with Crippen molar-refractivity contribution in [2.45, 2.75) is 32.9 Å². The second kappa shape index (κ2) is 18.2. The van der Waals surface area contributed by atoms with Crippen molar-refractivity contribution in [3.8, 4) is 11.4 Å². The summed E-state index contributed by atoms with van der Waals surface area (Å²) < 4.78 is 16.7. The predicted octanol–water partition coefficient (Wildman–Crippen LogP) is 5.31. The summed E-state index contributed by atoms with van der Waals surface area (Å²) in [5, 5.41) is 6.18. The van der Waals surface area contributed by atoms with E-state index in [-0.39, 0.29) is 28.7 Å². The molecule has 59 heavy (non-hydrogen) atoms. The van der Waals surface area contributed by atoms with Gasteiger partial charge < -0.3 is 43.6 Å². The van der Waals surface area contributed by atoms with Gasteiger partial charge in [-0.1, -0.05) is 11.6 Å². The van der Waals surface area contributed by atoms with Gasteiger partial charge in [-0.3, -0.25) is 0 Å². The summed E-state index contributed by atoms with van der Waals surface area (Å²) >= 11 is 17.4. The minimum Gasteiger partial charge on any atom is -0.377 e. The molecule has 8 heterocycles. The molecular formula is C37H43Cl3N16O3. The fourth-order valence-corrected chi connectivity index (χ4v) is 7.35. The number of ether oxygens (including phenoxy) is 2. The van der Waals surface area contributed by atoms with Crippen molar-refractivity contribution in [2.24, 2.45) is 21.1 Å². The maximum Gasteiger partial charge on any atom is 0.319 e. The number of nitrogens with one attached hydrogen (secondary N) is 2. The van der Waals surface area contributed by atoms with Gasteiger partial charge in [0.1, 0.15) is 16.6 Å². The monoisotopic (exact) mass is 864 g/mol. The molecule has 0 aliphatic carbocycles. The first kappa shape index (κ1) is 41.7. The Morgan fingerprint density at radius 3 is 1.73 bits per heavy atom. The molecule has 0 unspecified atom stereocenters. The number of carbonyl (C=O) groups is 1. The summed E-state index contributed by atoms with van der Waals surface area (Å²) in [5.74, 6) is 2.31. The maximum absolute atomic E-state index is 11.7. The third kappa shape index (κ3) is 9.23. The van der Waals surface area contributed by atoms with Crippen LogP contribution in [0.1, 0.15) is 20.8 Å². The second-order valence-electron chi connectivity index (χ2n) is 13.9. The van der Waals surface area contributed by atoms with E-state index in [9.17, 15) is 4.79 Å². The Balaban J connectivity index is 0.000000149. The molecular weight excluding hydrogens is 823 g/mol. The number of carbonyl (C=O) groups excluding carboxylic acids is 1. The Morgan fingerprint density at radius 2 is 1.19 bits per heavy atom. The highest BCUT2D eigenvalue weighted by molar-refractivity contribution is 6.35. The van der Waals surface area contributed by atoms with E-state index < -0.39 is 0 Å². The van der Waals surface area contributed by atoms with Crippen LogP contribution in [0.5, 0.6) is 0 Å². The summed E-state index contributed by atoms with van der Waals surface area (Å²) in [5.41, 5.74) is 5.90. The summed E-state index contributed by atoms with van der Waals surface area (Å²) in [6, 6.07) is 7.74. The highest BCUT2D eigenvalue weighted by atomic mass is 35.5. The van der Waals surface area contributed by atoms with Crippen LogP contribution in [0.15, 0.2) is 43.2 Å². The first-order chi connectivity index (χ1) is 28.4. The number of rotatable bonds is 5. The van der Waals surface area contributed by atoms with Crippen molar-refractivity contribution in [2.75, 3.05) is 61.2 Å². The van der Waals surface area contributed by atoms with Crippen molar-refractivity contribution in [3.05, 3.63) is 59.0 Å². The van der Waals surface area contributed by atoms with Crippen molar-refractivity contribution in [1.82, 2.24) is 63.9 Å². The number of morpholine rings is 2. The molecule has 2 fully saturated rings. The van der Waals surface area contributed by atoms with E-state index in [1.54, 1.807) is 23.5 Å². The van der Waals surface area contributed by atoms with Gasteiger partial charge in [0.2, 0.25) is 10.6 Å². The van der Waals surface area contributed by atoms with Crippen LogP contribution in [0.25, 0.3) is 44.9 Å². The molecule has 1 aromatic carbocycles. The summed E-state index contributed by atoms with van der Waals surface area (Å²) in [4.78, 5) is 54.6. The van der Waals surface area contributed by atoms with Crippen LogP contribution in [0.2, 0.25) is 15.7 Å². The molecule has 0 radical (unpaired) electrons. The summed E-state index contributed by atoms with van der Waals surface area (Å²) in [6.45, 7) is 11.0. The smallest absolute Gasteiger partial charge is 0.319 e. The van der Waals surface area contributed by atoms with Crippen LogP contribution in [0.4, 0.5) is 22.1 Å². The SMILES string of the molecule is CCNC(=O)Nc1ccc(-c2nc(N3CCOC[C@@H]3C)c3c(ncn3C)n2)cc1.C[C@H]1COCCN1c1nc(Cl)nc2ncn(C)c12.Cn1cnc2nc(Cl)nc(Cl)c21. The normalized spacial score (nSPS) is 16.8. The quantitative estimate of drug-likeness (QED) is 0.167. The Bertz CT molecular complexity index is 2580. The molecule has 2 aliphatic rings. The highest BCUT2D eigenvalue weighted by Crippen LogP contribution is 2.30. The van der Waals surface area contributed by atoms with E-state index in [1.807, 2.05) is 61.5 Å². The number of nitrogens with zero attached hydrogens (tertiary/aromatic N) is 14. The molecule has 2 aliphatic heterocycles. The van der Waals surface area contributed by atoms with Gasteiger partial charge in [-0.05, 0) is 68.2 Å². The number of fused-ring (bicyclic) bond motifs is 3. The van der Waals surface area contributed by atoms with Crippen LogP contribution in [-0.4, -0.2) is 123 Å². The number of aromatic nitrogens is 12. The molecule has 7 aromatic rings. The molecule has 2 N–H and O–H groups in total. The fraction of sp³-hybridized carbons (Fsp3) is 0.405. The molecule has 0 bridgehead atoms. The average Bonchev–Trinajstić information content (AvgIpc) is 3.91. The zero-order valence-corrected chi connectivity index (χ0v) is 35.5. The maximum atomic E-state index is 11.7. The fourth-order valence-electron chi connectivity index (χ4n) is 6.68. The van der Waals surface area contributed by atoms with E-state index >= 15 is 0 Å². The van der Waals surface area contributed by atoms with Gasteiger partial charge in [0.15, 0.2) is 39.6 Å². The molecule has 2 atom stereocenters. The minimum atomic E-state index is -0.227. The number of hydrogen-bond acceptors (Lipinski definition) is 14. The zero-order chi connectivity index (χ0) is 41.8. The average molecular weight is 866 g/mol. The molecule has 0 spiro atoms. The Morgan fingerprint density at radius 1 is 0.695 bits per heavy atom. The lowest BCUT2D eigenvalue weighted by Gasteiger charge is -2.34. The zero-order valence-electron chi connectivity index (χ0n) is 33.3. The number of amides is 2. The van der Waals surface area contributed by atoms with Gasteiger partial charge in [0.05, 0.1) is 57.5 Å². The Labute approximate surface area is 354 Å². The lowest BCUT2D eigenvalue weighted by Crippen LogP contribution is -2.44.